The van der Waals surface area contributed by atoms with Crippen molar-refractivity contribution >= 4 is 103 Å². The van der Waals surface area contributed by atoms with Crippen molar-refractivity contribution in [3.8, 4) is 0 Å². The van der Waals surface area contributed by atoms with Crippen molar-refractivity contribution in [1.29, 1.82) is 0 Å². The summed E-state index contributed by atoms with van der Waals surface area (Å²) < 4.78 is 139. The smallest absolute Gasteiger partial charge is 0.536 e. The first-order chi connectivity index (χ1) is 43.4. The molecule has 0 aliphatic heterocycles. The van der Waals surface area contributed by atoms with Gasteiger partial charge in [0.25, 0.3) is 0 Å². The number of aliphatic hydroxyl groups excluding tert-OH is 2. The van der Waals surface area contributed by atoms with E-state index in [0.29, 0.717) is 18.1 Å². The number of ether oxygens (including phenoxy) is 2. The number of aryl methyl sites for hydroxylation is 1. The van der Waals surface area contributed by atoms with Crippen LogP contribution in [0.2, 0.25) is 0 Å². The zero-order valence-corrected chi connectivity index (χ0v) is 59.0. The third kappa shape index (κ3) is 12.9. The fraction of sp³-hybridized carbons (Fsp3) is 0.612. The fourth-order valence-electron chi connectivity index (χ4n) is 17.5. The van der Waals surface area contributed by atoms with Crippen LogP contribution in [0, 0.1) is 84.9 Å². The molecule has 0 saturated heterocycles. The van der Waals surface area contributed by atoms with Gasteiger partial charge in [-0.05, 0) is 162 Å². The summed E-state index contributed by atoms with van der Waals surface area (Å²) in [4.78, 5) is 77.9. The highest BCUT2D eigenvalue weighted by Crippen LogP contribution is 2.74. The Morgan fingerprint density at radius 3 is 1.52 bits per heavy atom. The van der Waals surface area contributed by atoms with E-state index in [0.717, 1.165) is 23.9 Å². The lowest BCUT2D eigenvalue weighted by Crippen LogP contribution is -2.70. The summed E-state index contributed by atoms with van der Waals surface area (Å²) in [5.41, 5.74) is -7.38. The quantitative estimate of drug-likeness (QED) is 0.0361. The number of thiol groups is 1. The molecule has 10 rings (SSSR count). The molecule has 0 radical (unpaired) electrons. The minimum absolute atomic E-state index is 0.0332. The lowest BCUT2D eigenvalue weighted by atomic mass is 9.44. The average Bonchev–Trinajstić information content (AvgIpc) is 1.26. The predicted molar refractivity (Wildman–Crippen MR) is 345 cm³/mol. The number of rotatable bonds is 11. The second-order valence-corrected chi connectivity index (χ2v) is 32.3. The Kier molecular flexibility index (Phi) is 23.0. The van der Waals surface area contributed by atoms with Crippen LogP contribution in [0.1, 0.15) is 129 Å². The van der Waals surface area contributed by atoms with E-state index in [1.165, 1.54) is 70.2 Å². The first kappa shape index (κ1) is 77.3. The zero-order chi connectivity index (χ0) is 70.8. The second kappa shape index (κ2) is 27.9. The van der Waals surface area contributed by atoms with Gasteiger partial charge in [0.2, 0.25) is 20.6 Å². The van der Waals surface area contributed by atoms with Crippen LogP contribution in [0.4, 0.5) is 30.7 Å². The minimum Gasteiger partial charge on any atom is -0.725 e. The van der Waals surface area contributed by atoms with Gasteiger partial charge in [0.15, 0.2) is 49.1 Å². The molecule has 6 saturated carbocycles. The van der Waals surface area contributed by atoms with Crippen LogP contribution >= 0.6 is 47.6 Å². The summed E-state index contributed by atoms with van der Waals surface area (Å²) in [6.45, 7) is 22.1. The van der Waals surface area contributed by atoms with Crippen LogP contribution in [0.5, 0.6) is 0 Å². The molecule has 0 bridgehead atoms. The van der Waals surface area contributed by atoms with Gasteiger partial charge in [0, 0.05) is 63.7 Å². The third-order valence-corrected chi connectivity index (χ3v) is 26.7. The topological polar surface area (TPSA) is 228 Å². The monoisotopic (exact) mass is 1440 g/mol. The molecule has 2 aromatic rings. The number of aliphatic hydroxyl groups is 2. The number of hydrogen-bond donors (Lipinski definition) is 3. The predicted octanol–water partition coefficient (Wildman–Crippen LogP) is 13.5. The summed E-state index contributed by atoms with van der Waals surface area (Å²) in [5.74, 6) is -5.89. The fourth-order valence-corrected chi connectivity index (χ4v) is 21.9. The molecule has 0 amide bonds. The van der Waals surface area contributed by atoms with Gasteiger partial charge in [-0.15, -0.1) is 37.4 Å². The van der Waals surface area contributed by atoms with E-state index in [4.69, 9.17) is 45.6 Å². The Morgan fingerprint density at radius 1 is 0.713 bits per heavy atom. The Balaban J connectivity index is 0.000000193. The third-order valence-electron chi connectivity index (χ3n) is 22.3. The molecule has 11 unspecified atom stereocenters. The number of hydrogen-bond acceptors (Lipinski definition) is 15. The molecule has 520 valence electrons. The molecule has 8 aliphatic rings. The molecule has 27 heteroatoms. The SMILES string of the molecule is CCC(=O)O[C@@]1(C(=O)S)[C@H](C)CC2C3C[C@@H](F)C4=CC(=O)C=CC4(C)[C@]3(F)C(O)CC21C.CCC(=O)O[C@@]1(C(=O)SCCl)[C@H](C)CC2C3C[C@@H](F)C4=CC(=O)C=CC4(C)[C@]3(F)C(O)CC21C.Cc1cc([S+](CCl)c2ccccc2)c(C)c(C)c1C.O=S(=O)([O-])OC(F)(F)F. The number of carbonyl (C=O) groups excluding carboxylic acids is 6. The standard InChI is InChI=1S/C25H31ClF2O5S.C24H30F2O5S.C17H20ClS.CHF3O4S/c1-5-20(31)33-25(21(32)34-12-26)13(2)8-15-16-10-18(27)17-9-14(29)6-7-22(17,3)24(16,28)19(30)11-23(15,25)4;1-5-19(29)31-24(20(30)32)12(2)8-14-15-10-17(25)16-9-13(27)6-7-21(16,3)23(15,26)18(28)11-22(14,24)4;1-12-10-17(15(4)14(3)13(12)2)19(11-18)16-8-6-5-7-9-16;2-1(3,4)8-9(5,6)7/h6-7,9,13,15-16,18-19,30H,5,8,10-12H2,1-4H3;6-7,9,12,14-15,17-18,28H,5,8,10-11H2,1-4H3,(H,30,32);5-10H,11H2,1-4H3;(H,5,6,7)/q;;+1;/p-1/t13-,15?,16?,18-,19?,22?,23?,24-,25-;12-,14?,15?,17-,18?,21?,22?,23-,24-;;/m11../s1. The Labute approximate surface area is 567 Å². The summed E-state index contributed by atoms with van der Waals surface area (Å²) in [6.07, 6.45) is -4.18. The van der Waals surface area contributed by atoms with Gasteiger partial charge in [-0.1, -0.05) is 95.3 Å². The van der Waals surface area contributed by atoms with Crippen LogP contribution < -0.4 is 0 Å². The van der Waals surface area contributed by atoms with E-state index in [-0.39, 0.29) is 65.8 Å². The Hall–Kier alpha value is -4.05. The normalized spacial score (nSPS) is 37.8. The van der Waals surface area contributed by atoms with Gasteiger partial charge < -0.3 is 24.2 Å². The number of carbonyl (C=O) groups is 6. The van der Waals surface area contributed by atoms with E-state index < -0.39 is 155 Å². The largest absolute Gasteiger partial charge is 0.725 e. The number of esters is 2. The van der Waals surface area contributed by atoms with Crippen LogP contribution in [0.3, 0.4) is 0 Å². The van der Waals surface area contributed by atoms with E-state index >= 15 is 17.6 Å². The van der Waals surface area contributed by atoms with Gasteiger partial charge >= 0.3 is 18.3 Å². The Bertz CT molecular complexity index is 3560. The van der Waals surface area contributed by atoms with E-state index in [1.54, 1.807) is 41.5 Å². The summed E-state index contributed by atoms with van der Waals surface area (Å²) in [5, 5.41) is 22.3. The lowest BCUT2D eigenvalue weighted by molar-refractivity contribution is -0.275. The van der Waals surface area contributed by atoms with Crippen LogP contribution in [0.25, 0.3) is 0 Å². The Morgan fingerprint density at radius 2 is 1.14 bits per heavy atom. The van der Waals surface area contributed by atoms with E-state index in [1.807, 2.05) is 4.18 Å². The zero-order valence-electron chi connectivity index (χ0n) is 54.1. The van der Waals surface area contributed by atoms with Crippen molar-refractivity contribution in [3.63, 3.8) is 0 Å². The van der Waals surface area contributed by atoms with Gasteiger partial charge in [-0.2, -0.15) is 4.18 Å². The molecule has 2 aromatic carbocycles. The molecular formula is C67H81Cl2F7O14S4. The first-order valence-corrected chi connectivity index (χ1v) is 36.1. The maximum Gasteiger partial charge on any atom is 0.536 e. The van der Waals surface area contributed by atoms with Crippen LogP contribution in [-0.4, -0.2) is 121 Å². The van der Waals surface area contributed by atoms with Crippen LogP contribution in [-0.2, 0) is 63.7 Å². The summed E-state index contributed by atoms with van der Waals surface area (Å²) in [6, 6.07) is 12.9. The van der Waals surface area contributed by atoms with E-state index in [9.17, 15) is 52.2 Å². The number of halogens is 9. The molecule has 2 N–H and O–H groups in total. The van der Waals surface area contributed by atoms with Gasteiger partial charge in [0.1, 0.15) is 12.3 Å². The van der Waals surface area contributed by atoms with Crippen molar-refractivity contribution in [3.05, 3.63) is 106 Å². The number of benzene rings is 2. The molecule has 0 spiro atoms. The van der Waals surface area contributed by atoms with Crippen molar-refractivity contribution in [2.24, 2.45) is 57.2 Å². The average molecular weight is 1440 g/mol. The van der Waals surface area contributed by atoms with Crippen LogP contribution in [0.15, 0.2) is 93.8 Å². The molecular weight excluding hydrogens is 1360 g/mol. The van der Waals surface area contributed by atoms with Crippen molar-refractivity contribution in [2.75, 3.05) is 10.4 Å². The summed E-state index contributed by atoms with van der Waals surface area (Å²) >= 11 is 17.0. The van der Waals surface area contributed by atoms with Crippen molar-refractivity contribution in [1.82, 2.24) is 0 Å². The molecule has 94 heavy (non-hydrogen) atoms. The number of ketones is 2. The van der Waals surface area contributed by atoms with E-state index in [2.05, 4.69) is 76.7 Å². The highest BCUT2D eigenvalue weighted by atomic mass is 35.5. The molecule has 14 nitrogen and oxygen atoms in total. The van der Waals surface area contributed by atoms with Gasteiger partial charge in [-0.3, -0.25) is 28.8 Å². The maximum atomic E-state index is 17.3. The highest BCUT2D eigenvalue weighted by molar-refractivity contribution is 8.14. The maximum absolute atomic E-state index is 17.3. The number of allylic oxidation sites excluding steroid dienone is 8. The number of alkyl halides is 9. The molecule has 19 atom stereocenters. The van der Waals surface area contributed by atoms with Crippen molar-refractivity contribution < 1.29 is 96.3 Å². The second-order valence-electron chi connectivity index (χ2n) is 26.8. The minimum atomic E-state index is -5.66. The lowest BCUT2D eigenvalue weighted by Gasteiger charge is -2.63. The number of thioether (sulfide) groups is 1. The molecule has 0 heterocycles. The van der Waals surface area contributed by atoms with Crippen molar-refractivity contribution in [2.45, 2.75) is 198 Å². The molecule has 6 fully saturated rings. The molecule has 8 aliphatic carbocycles. The highest BCUT2D eigenvalue weighted by Gasteiger charge is 2.80. The number of fused-ring (bicyclic) bond motifs is 10. The first-order valence-electron chi connectivity index (χ1n) is 30.8. The van der Waals surface area contributed by atoms with Gasteiger partial charge in [0.05, 0.1) is 28.3 Å². The van der Waals surface area contributed by atoms with Gasteiger partial charge in [-0.25, -0.2) is 26.0 Å². The molecule has 0 aromatic heterocycles. The summed E-state index contributed by atoms with van der Waals surface area (Å²) in [7, 11) is -5.69.